The normalized spacial score (nSPS) is 23.7. The van der Waals surface area contributed by atoms with Crippen molar-refractivity contribution >= 4 is 5.69 Å². The number of hydrogen-bond acceptors (Lipinski definition) is 6. The first-order chi connectivity index (χ1) is 12.5. The van der Waals surface area contributed by atoms with Gasteiger partial charge in [0, 0.05) is 18.1 Å². The molecular formula is C19H15N5O2. The van der Waals surface area contributed by atoms with Gasteiger partial charge in [-0.3, -0.25) is 10.1 Å². The standard InChI is InChI=1S/C19H15N5O2/c20-9-16-14-3-1-2-4-15(14)17(19(10-21,11-22)18(16)23)12-5-7-13(8-6-12)24(25)26/h3,5-8,15,17H,1-2,4,23H2/t15-,17+/m1/s1. The molecule has 0 spiro atoms. The van der Waals surface area contributed by atoms with E-state index in [9.17, 15) is 25.9 Å². The summed E-state index contributed by atoms with van der Waals surface area (Å²) in [5, 5.41) is 40.2. The fourth-order valence-corrected chi connectivity index (χ4v) is 4.05. The van der Waals surface area contributed by atoms with Gasteiger partial charge in [0.2, 0.25) is 0 Å². The second-order valence-electron chi connectivity index (χ2n) is 6.46. The van der Waals surface area contributed by atoms with E-state index in [1.165, 1.54) is 12.1 Å². The first-order valence-corrected chi connectivity index (χ1v) is 8.17. The molecule has 2 N–H and O–H groups in total. The third kappa shape index (κ3) is 2.32. The van der Waals surface area contributed by atoms with Gasteiger partial charge < -0.3 is 5.73 Å². The van der Waals surface area contributed by atoms with Gasteiger partial charge in [0.1, 0.15) is 6.07 Å². The maximum absolute atomic E-state index is 10.9. The van der Waals surface area contributed by atoms with Crippen LogP contribution in [0.1, 0.15) is 30.7 Å². The van der Waals surface area contributed by atoms with Gasteiger partial charge in [-0.05, 0) is 36.3 Å². The lowest BCUT2D eigenvalue weighted by Gasteiger charge is -2.43. The van der Waals surface area contributed by atoms with Crippen LogP contribution in [0, 0.1) is 55.4 Å². The predicted molar refractivity (Wildman–Crippen MR) is 91.7 cm³/mol. The average molecular weight is 345 g/mol. The summed E-state index contributed by atoms with van der Waals surface area (Å²) in [5.74, 6) is -0.784. The van der Waals surface area contributed by atoms with Crippen LogP contribution in [0.15, 0.2) is 47.2 Å². The Kier molecular flexibility index (Phi) is 4.20. The molecule has 0 unspecified atom stereocenters. The third-order valence-corrected chi connectivity index (χ3v) is 5.26. The first-order valence-electron chi connectivity index (χ1n) is 8.17. The lowest BCUT2D eigenvalue weighted by molar-refractivity contribution is -0.384. The van der Waals surface area contributed by atoms with Crippen LogP contribution in [0.2, 0.25) is 0 Å². The minimum Gasteiger partial charge on any atom is -0.399 e. The van der Waals surface area contributed by atoms with Crippen molar-refractivity contribution in [2.45, 2.75) is 25.2 Å². The number of non-ortho nitro benzene ring substituents is 1. The highest BCUT2D eigenvalue weighted by Crippen LogP contribution is 2.55. The summed E-state index contributed by atoms with van der Waals surface area (Å²) >= 11 is 0. The number of nitriles is 3. The predicted octanol–water partition coefficient (Wildman–Crippen LogP) is 3.19. The molecule has 0 radical (unpaired) electrons. The van der Waals surface area contributed by atoms with E-state index in [2.05, 4.69) is 6.07 Å². The molecule has 2 aliphatic carbocycles. The van der Waals surface area contributed by atoms with E-state index in [1.807, 2.05) is 18.2 Å². The Morgan fingerprint density at radius 3 is 2.38 bits per heavy atom. The molecule has 3 rings (SSSR count). The molecule has 0 fully saturated rings. The second-order valence-corrected chi connectivity index (χ2v) is 6.46. The van der Waals surface area contributed by atoms with Crippen LogP contribution in [0.3, 0.4) is 0 Å². The zero-order chi connectivity index (χ0) is 18.9. The smallest absolute Gasteiger partial charge is 0.269 e. The monoisotopic (exact) mass is 345 g/mol. The molecule has 1 aromatic carbocycles. The summed E-state index contributed by atoms with van der Waals surface area (Å²) in [7, 11) is 0. The number of allylic oxidation sites excluding steroid dienone is 4. The zero-order valence-electron chi connectivity index (χ0n) is 13.8. The third-order valence-electron chi connectivity index (χ3n) is 5.26. The molecule has 1 aromatic rings. The van der Waals surface area contributed by atoms with Crippen LogP contribution < -0.4 is 5.73 Å². The summed E-state index contributed by atoms with van der Waals surface area (Å²) in [6.07, 6.45) is 4.36. The number of nitrogens with two attached hydrogens (primary N) is 1. The van der Waals surface area contributed by atoms with Gasteiger partial charge >= 0.3 is 0 Å². The number of fused-ring (bicyclic) bond motifs is 1. The van der Waals surface area contributed by atoms with Crippen molar-refractivity contribution in [1.29, 1.82) is 15.8 Å². The average Bonchev–Trinajstić information content (AvgIpc) is 2.67. The quantitative estimate of drug-likeness (QED) is 0.644. The van der Waals surface area contributed by atoms with Crippen LogP contribution in [0.4, 0.5) is 5.69 Å². The van der Waals surface area contributed by atoms with Gasteiger partial charge in [-0.1, -0.05) is 18.2 Å². The molecule has 26 heavy (non-hydrogen) atoms. The molecule has 0 saturated carbocycles. The Balaban J connectivity index is 2.26. The molecule has 0 heterocycles. The van der Waals surface area contributed by atoms with Crippen molar-refractivity contribution in [3.05, 3.63) is 62.9 Å². The molecule has 0 aliphatic heterocycles. The van der Waals surface area contributed by atoms with E-state index in [-0.39, 0.29) is 22.9 Å². The minimum absolute atomic E-state index is 0.0299. The van der Waals surface area contributed by atoms with E-state index in [0.29, 0.717) is 5.56 Å². The van der Waals surface area contributed by atoms with Crippen LogP contribution in [0.5, 0.6) is 0 Å². The number of rotatable bonds is 2. The lowest BCUT2D eigenvalue weighted by atomic mass is 9.57. The van der Waals surface area contributed by atoms with Crippen LogP contribution in [-0.4, -0.2) is 4.92 Å². The molecule has 128 valence electrons. The Morgan fingerprint density at radius 2 is 1.85 bits per heavy atom. The van der Waals surface area contributed by atoms with Crippen molar-refractivity contribution in [2.75, 3.05) is 0 Å². The van der Waals surface area contributed by atoms with Crippen LogP contribution in [0.25, 0.3) is 0 Å². The summed E-state index contributed by atoms with van der Waals surface area (Å²) in [5.41, 5.74) is 6.02. The number of benzene rings is 1. The molecule has 0 aromatic heterocycles. The van der Waals surface area contributed by atoms with Crippen molar-refractivity contribution in [1.82, 2.24) is 0 Å². The van der Waals surface area contributed by atoms with Gasteiger partial charge in [-0.25, -0.2) is 0 Å². The maximum atomic E-state index is 10.9. The van der Waals surface area contributed by atoms with Gasteiger partial charge in [0.15, 0.2) is 5.41 Å². The van der Waals surface area contributed by atoms with Gasteiger partial charge in [-0.15, -0.1) is 0 Å². The van der Waals surface area contributed by atoms with Crippen molar-refractivity contribution in [3.8, 4) is 18.2 Å². The molecule has 2 atom stereocenters. The van der Waals surface area contributed by atoms with Gasteiger partial charge in [0.25, 0.3) is 5.69 Å². The SMILES string of the molecule is N#CC1=C(N)C(C#N)(C#N)[C@@H](c2ccc([N+](=O)[O-])cc2)[C@@H]2CCCC=C12. The topological polar surface area (TPSA) is 141 Å². The van der Waals surface area contributed by atoms with Crippen LogP contribution >= 0.6 is 0 Å². The van der Waals surface area contributed by atoms with E-state index in [0.717, 1.165) is 24.8 Å². The number of hydrogen-bond donors (Lipinski definition) is 1. The summed E-state index contributed by atoms with van der Waals surface area (Å²) in [6, 6.07) is 12.0. The van der Waals surface area contributed by atoms with Gasteiger partial charge in [0.05, 0.1) is 28.3 Å². The summed E-state index contributed by atoms with van der Waals surface area (Å²) in [4.78, 5) is 10.4. The Labute approximate surface area is 150 Å². The number of nitro benzene ring substituents is 1. The maximum Gasteiger partial charge on any atom is 0.269 e. The fraction of sp³-hybridized carbons (Fsp3) is 0.316. The first kappa shape index (κ1) is 17.2. The fourth-order valence-electron chi connectivity index (χ4n) is 4.05. The highest BCUT2D eigenvalue weighted by Gasteiger charge is 2.53. The lowest BCUT2D eigenvalue weighted by Crippen LogP contribution is -2.42. The van der Waals surface area contributed by atoms with E-state index >= 15 is 0 Å². The molecule has 7 nitrogen and oxygen atoms in total. The summed E-state index contributed by atoms with van der Waals surface area (Å²) < 4.78 is 0. The minimum atomic E-state index is -1.68. The number of nitro groups is 1. The highest BCUT2D eigenvalue weighted by atomic mass is 16.6. The Bertz CT molecular complexity index is 940. The van der Waals surface area contributed by atoms with Crippen LogP contribution in [-0.2, 0) is 0 Å². The van der Waals surface area contributed by atoms with Crippen molar-refractivity contribution < 1.29 is 4.92 Å². The van der Waals surface area contributed by atoms with Crippen molar-refractivity contribution in [3.63, 3.8) is 0 Å². The van der Waals surface area contributed by atoms with Gasteiger partial charge in [-0.2, -0.15) is 15.8 Å². The Hall–Kier alpha value is -3.63. The molecule has 0 amide bonds. The second kappa shape index (κ2) is 6.35. The Morgan fingerprint density at radius 1 is 1.19 bits per heavy atom. The van der Waals surface area contributed by atoms with E-state index < -0.39 is 16.3 Å². The zero-order valence-corrected chi connectivity index (χ0v) is 13.8. The highest BCUT2D eigenvalue weighted by molar-refractivity contribution is 5.59. The summed E-state index contributed by atoms with van der Waals surface area (Å²) in [6.45, 7) is 0. The molecule has 0 saturated heterocycles. The number of nitrogens with zero attached hydrogens (tertiary/aromatic N) is 4. The van der Waals surface area contributed by atoms with E-state index in [4.69, 9.17) is 5.73 Å². The largest absolute Gasteiger partial charge is 0.399 e. The molecular weight excluding hydrogens is 330 g/mol. The van der Waals surface area contributed by atoms with E-state index in [1.54, 1.807) is 12.1 Å². The molecule has 7 heteroatoms. The van der Waals surface area contributed by atoms with Crippen molar-refractivity contribution in [2.24, 2.45) is 17.1 Å². The molecule has 2 aliphatic rings. The molecule has 0 bridgehead atoms.